The standard InChI is InChI=1S/C16H15N3O6/c20-14(21)8-19(9-15(22)23)10-16(24)25-13-6-3-5-12(18-13)11-4-1-2-7-17-11/h1-7H,8-10H2,(H,20,21)(H,22,23). The lowest BCUT2D eigenvalue weighted by Gasteiger charge is -2.16. The molecule has 2 aromatic heterocycles. The number of nitrogens with zero attached hydrogens (tertiary/aromatic N) is 3. The highest BCUT2D eigenvalue weighted by molar-refractivity contribution is 5.78. The van der Waals surface area contributed by atoms with Gasteiger partial charge in [0.1, 0.15) is 0 Å². The molecule has 2 aromatic rings. The first kappa shape index (κ1) is 18.0. The fraction of sp³-hybridized carbons (Fsp3) is 0.188. The summed E-state index contributed by atoms with van der Waals surface area (Å²) in [4.78, 5) is 42.6. The van der Waals surface area contributed by atoms with Crippen LogP contribution in [0, 0.1) is 0 Å². The molecule has 0 radical (unpaired) electrons. The molecule has 0 aliphatic carbocycles. The van der Waals surface area contributed by atoms with Gasteiger partial charge >= 0.3 is 17.9 Å². The first-order valence-electron chi connectivity index (χ1n) is 7.19. The fourth-order valence-corrected chi connectivity index (χ4v) is 2.01. The molecule has 9 nitrogen and oxygen atoms in total. The van der Waals surface area contributed by atoms with E-state index >= 15 is 0 Å². The maximum absolute atomic E-state index is 11.9. The molecule has 9 heteroatoms. The summed E-state index contributed by atoms with van der Waals surface area (Å²) in [6.07, 6.45) is 1.60. The molecule has 0 atom stereocenters. The number of hydrogen-bond acceptors (Lipinski definition) is 7. The highest BCUT2D eigenvalue weighted by Crippen LogP contribution is 2.17. The van der Waals surface area contributed by atoms with Crippen molar-refractivity contribution in [3.63, 3.8) is 0 Å². The van der Waals surface area contributed by atoms with Crippen LogP contribution in [0.4, 0.5) is 0 Å². The van der Waals surface area contributed by atoms with E-state index in [9.17, 15) is 14.4 Å². The molecule has 2 N–H and O–H groups in total. The second-order valence-electron chi connectivity index (χ2n) is 4.98. The van der Waals surface area contributed by atoms with Gasteiger partial charge in [-0.15, -0.1) is 0 Å². The van der Waals surface area contributed by atoms with Gasteiger partial charge in [0, 0.05) is 12.3 Å². The van der Waals surface area contributed by atoms with Crippen molar-refractivity contribution in [2.24, 2.45) is 0 Å². The van der Waals surface area contributed by atoms with Crippen molar-refractivity contribution < 1.29 is 29.3 Å². The normalized spacial score (nSPS) is 10.4. The molecule has 0 unspecified atom stereocenters. The summed E-state index contributed by atoms with van der Waals surface area (Å²) < 4.78 is 5.06. The summed E-state index contributed by atoms with van der Waals surface area (Å²) in [6, 6.07) is 10.1. The van der Waals surface area contributed by atoms with E-state index in [0.717, 1.165) is 4.90 Å². The van der Waals surface area contributed by atoms with Gasteiger partial charge in [0.25, 0.3) is 0 Å². The van der Waals surface area contributed by atoms with Crippen molar-refractivity contribution >= 4 is 17.9 Å². The number of aliphatic carboxylic acids is 2. The largest absolute Gasteiger partial charge is 0.480 e. The van der Waals surface area contributed by atoms with E-state index in [-0.39, 0.29) is 5.88 Å². The Kier molecular flexibility index (Phi) is 6.13. The Morgan fingerprint density at radius 2 is 1.60 bits per heavy atom. The van der Waals surface area contributed by atoms with Crippen LogP contribution in [0.15, 0.2) is 42.6 Å². The van der Waals surface area contributed by atoms with Crippen LogP contribution >= 0.6 is 0 Å². The highest BCUT2D eigenvalue weighted by Gasteiger charge is 2.18. The predicted molar refractivity (Wildman–Crippen MR) is 84.8 cm³/mol. The van der Waals surface area contributed by atoms with Crippen LogP contribution in [-0.2, 0) is 14.4 Å². The number of hydrogen-bond donors (Lipinski definition) is 2. The van der Waals surface area contributed by atoms with E-state index in [1.165, 1.54) is 6.07 Å². The van der Waals surface area contributed by atoms with Gasteiger partial charge in [0.15, 0.2) is 0 Å². The number of rotatable bonds is 8. The Labute approximate surface area is 142 Å². The summed E-state index contributed by atoms with van der Waals surface area (Å²) in [5, 5.41) is 17.5. The molecule has 130 valence electrons. The Balaban J connectivity index is 2.04. The van der Waals surface area contributed by atoms with Gasteiger partial charge in [0.05, 0.1) is 31.0 Å². The molecule has 0 bridgehead atoms. The zero-order chi connectivity index (χ0) is 18.2. The second kappa shape index (κ2) is 8.50. The third kappa shape index (κ3) is 5.99. The molecular formula is C16H15N3O6. The average molecular weight is 345 g/mol. The van der Waals surface area contributed by atoms with E-state index in [2.05, 4.69) is 9.97 Å². The minimum atomic E-state index is -1.25. The van der Waals surface area contributed by atoms with Crippen LogP contribution in [-0.4, -0.2) is 62.6 Å². The summed E-state index contributed by atoms with van der Waals surface area (Å²) >= 11 is 0. The van der Waals surface area contributed by atoms with E-state index in [0.29, 0.717) is 11.4 Å². The molecule has 0 saturated carbocycles. The van der Waals surface area contributed by atoms with E-state index in [1.54, 1.807) is 36.5 Å². The van der Waals surface area contributed by atoms with Crippen LogP contribution in [0.5, 0.6) is 5.88 Å². The molecule has 0 aromatic carbocycles. The zero-order valence-corrected chi connectivity index (χ0v) is 13.0. The first-order valence-corrected chi connectivity index (χ1v) is 7.19. The van der Waals surface area contributed by atoms with Crippen molar-refractivity contribution in [1.29, 1.82) is 0 Å². The number of pyridine rings is 2. The Hall–Kier alpha value is -3.33. The lowest BCUT2D eigenvalue weighted by Crippen LogP contribution is -2.39. The lowest BCUT2D eigenvalue weighted by atomic mass is 10.2. The molecule has 25 heavy (non-hydrogen) atoms. The minimum Gasteiger partial charge on any atom is -0.480 e. The van der Waals surface area contributed by atoms with Crippen LogP contribution < -0.4 is 4.74 Å². The monoisotopic (exact) mass is 345 g/mol. The SMILES string of the molecule is O=C(O)CN(CC(=O)O)CC(=O)Oc1cccc(-c2ccccn2)n1. The molecule has 0 spiro atoms. The Morgan fingerprint density at radius 3 is 2.20 bits per heavy atom. The van der Waals surface area contributed by atoms with Crippen molar-refractivity contribution in [1.82, 2.24) is 14.9 Å². The minimum absolute atomic E-state index is 0.0127. The van der Waals surface area contributed by atoms with E-state index in [1.807, 2.05) is 0 Å². The summed E-state index contributed by atoms with van der Waals surface area (Å²) in [5.41, 5.74) is 1.10. The van der Waals surface area contributed by atoms with E-state index in [4.69, 9.17) is 14.9 Å². The first-order chi connectivity index (χ1) is 11.9. The number of carboxylic acid groups (broad SMARTS) is 2. The van der Waals surface area contributed by atoms with Gasteiger partial charge in [-0.2, -0.15) is 0 Å². The smallest absolute Gasteiger partial charge is 0.326 e. The number of esters is 1. The van der Waals surface area contributed by atoms with Crippen LogP contribution in [0.25, 0.3) is 11.4 Å². The zero-order valence-electron chi connectivity index (χ0n) is 13.0. The van der Waals surface area contributed by atoms with Crippen molar-refractivity contribution in [2.75, 3.05) is 19.6 Å². The Morgan fingerprint density at radius 1 is 0.920 bits per heavy atom. The van der Waals surface area contributed by atoms with Gasteiger partial charge in [-0.1, -0.05) is 12.1 Å². The summed E-state index contributed by atoms with van der Waals surface area (Å²) in [7, 11) is 0. The maximum atomic E-state index is 11.9. The summed E-state index contributed by atoms with van der Waals surface area (Å²) in [6.45, 7) is -1.68. The molecule has 0 saturated heterocycles. The quantitative estimate of drug-likeness (QED) is 0.657. The average Bonchev–Trinajstić information content (AvgIpc) is 2.54. The molecule has 2 rings (SSSR count). The van der Waals surface area contributed by atoms with Crippen molar-refractivity contribution in [2.45, 2.75) is 0 Å². The molecular weight excluding hydrogens is 330 g/mol. The molecule has 0 aliphatic rings. The number of aromatic nitrogens is 2. The molecule has 0 aliphatic heterocycles. The van der Waals surface area contributed by atoms with Gasteiger partial charge in [0.2, 0.25) is 5.88 Å². The molecule has 0 fully saturated rings. The Bertz CT molecular complexity index is 749. The van der Waals surface area contributed by atoms with Gasteiger partial charge < -0.3 is 14.9 Å². The van der Waals surface area contributed by atoms with Crippen LogP contribution in [0.2, 0.25) is 0 Å². The fourth-order valence-electron chi connectivity index (χ4n) is 2.01. The van der Waals surface area contributed by atoms with Gasteiger partial charge in [-0.3, -0.25) is 24.3 Å². The molecule has 0 amide bonds. The van der Waals surface area contributed by atoms with Gasteiger partial charge in [-0.25, -0.2) is 4.98 Å². The summed E-state index contributed by atoms with van der Waals surface area (Å²) in [5.74, 6) is -3.29. The van der Waals surface area contributed by atoms with Crippen LogP contribution in [0.3, 0.4) is 0 Å². The number of carbonyl (C=O) groups is 3. The topological polar surface area (TPSA) is 130 Å². The number of carbonyl (C=O) groups excluding carboxylic acids is 1. The second-order valence-corrected chi connectivity index (χ2v) is 4.98. The van der Waals surface area contributed by atoms with Crippen molar-refractivity contribution in [3.05, 3.63) is 42.6 Å². The third-order valence-corrected chi connectivity index (χ3v) is 2.94. The number of ether oxygens (including phenoxy) is 1. The van der Waals surface area contributed by atoms with Crippen LogP contribution in [0.1, 0.15) is 0 Å². The third-order valence-electron chi connectivity index (χ3n) is 2.94. The lowest BCUT2D eigenvalue weighted by molar-refractivity contribution is -0.144. The van der Waals surface area contributed by atoms with Crippen molar-refractivity contribution in [3.8, 4) is 17.3 Å². The highest BCUT2D eigenvalue weighted by atomic mass is 16.5. The van der Waals surface area contributed by atoms with E-state index < -0.39 is 37.5 Å². The predicted octanol–water partition coefficient (Wildman–Crippen LogP) is 0.520. The van der Waals surface area contributed by atoms with Gasteiger partial charge in [-0.05, 0) is 18.2 Å². The molecule has 2 heterocycles. The number of carboxylic acids is 2. The maximum Gasteiger partial charge on any atom is 0.326 e.